The van der Waals surface area contributed by atoms with E-state index in [1.165, 1.54) is 19.5 Å². The predicted octanol–water partition coefficient (Wildman–Crippen LogP) is 2.01. The first-order chi connectivity index (χ1) is 12.2. The lowest BCUT2D eigenvalue weighted by molar-refractivity contribution is 0.280. The largest absolute Gasteiger partial charge is 0.497 e. The third-order valence-electron chi connectivity index (χ3n) is 4.43. The van der Waals surface area contributed by atoms with E-state index in [2.05, 4.69) is 45.5 Å². The first-order valence-electron chi connectivity index (χ1n) is 9.27. The fourth-order valence-electron chi connectivity index (χ4n) is 2.94. The second-order valence-electron chi connectivity index (χ2n) is 6.47. The number of likely N-dealkylation sites (N-methyl/N-ethyl adjacent to an activating group) is 1. The molecule has 0 atom stereocenters. The fraction of sp³-hybridized carbons (Fsp3) is 0.632. The Morgan fingerprint density at radius 1 is 1.19 bits per heavy atom. The molecule has 148 valence electrons. The standard InChI is InChI=1S/C19H33N5O.HI/c1-4-20-19(22-16-17-7-5-8-18(15-17)25-3)21-9-12-24-11-6-10-23(2)13-14-24;/h5,7-8,15H,4,6,9-14,16H2,1-3H3,(H2,20,21,22);1H. The maximum Gasteiger partial charge on any atom is 0.191 e. The van der Waals surface area contributed by atoms with Crippen LogP contribution in [-0.4, -0.2) is 75.7 Å². The molecule has 0 bridgehead atoms. The van der Waals surface area contributed by atoms with E-state index in [1.807, 2.05) is 18.2 Å². The summed E-state index contributed by atoms with van der Waals surface area (Å²) in [5, 5.41) is 6.77. The first-order valence-corrected chi connectivity index (χ1v) is 9.27. The quantitative estimate of drug-likeness (QED) is 0.359. The average molecular weight is 475 g/mol. The number of hydrogen-bond donors (Lipinski definition) is 2. The molecule has 1 saturated heterocycles. The lowest BCUT2D eigenvalue weighted by Gasteiger charge is -2.21. The van der Waals surface area contributed by atoms with Gasteiger partial charge in [0.1, 0.15) is 5.75 Å². The summed E-state index contributed by atoms with van der Waals surface area (Å²) in [4.78, 5) is 9.62. The Morgan fingerprint density at radius 2 is 2.04 bits per heavy atom. The van der Waals surface area contributed by atoms with Gasteiger partial charge in [-0.25, -0.2) is 4.99 Å². The van der Waals surface area contributed by atoms with E-state index >= 15 is 0 Å². The minimum atomic E-state index is 0. The molecule has 2 rings (SSSR count). The minimum absolute atomic E-state index is 0. The molecular weight excluding hydrogens is 441 g/mol. The van der Waals surface area contributed by atoms with Gasteiger partial charge in [-0.1, -0.05) is 12.1 Å². The average Bonchev–Trinajstić information content (AvgIpc) is 2.84. The van der Waals surface area contributed by atoms with Gasteiger partial charge in [0.25, 0.3) is 0 Å². The molecule has 0 saturated carbocycles. The van der Waals surface area contributed by atoms with E-state index in [-0.39, 0.29) is 24.0 Å². The number of rotatable bonds is 7. The monoisotopic (exact) mass is 475 g/mol. The van der Waals surface area contributed by atoms with Gasteiger partial charge in [0.05, 0.1) is 13.7 Å². The van der Waals surface area contributed by atoms with Gasteiger partial charge >= 0.3 is 0 Å². The summed E-state index contributed by atoms with van der Waals surface area (Å²) in [6.45, 7) is 10.2. The number of ether oxygens (including phenoxy) is 1. The third-order valence-corrected chi connectivity index (χ3v) is 4.43. The molecule has 0 unspecified atom stereocenters. The highest BCUT2D eigenvalue weighted by Gasteiger charge is 2.11. The van der Waals surface area contributed by atoms with Gasteiger partial charge in [-0.2, -0.15) is 0 Å². The van der Waals surface area contributed by atoms with E-state index in [0.717, 1.165) is 50.0 Å². The summed E-state index contributed by atoms with van der Waals surface area (Å²) in [6.07, 6.45) is 1.25. The molecule has 0 aromatic heterocycles. The number of nitrogens with zero attached hydrogens (tertiary/aromatic N) is 3. The van der Waals surface area contributed by atoms with Crippen LogP contribution in [0.15, 0.2) is 29.3 Å². The van der Waals surface area contributed by atoms with Crippen LogP contribution in [0.3, 0.4) is 0 Å². The van der Waals surface area contributed by atoms with Crippen LogP contribution in [0.25, 0.3) is 0 Å². The Labute approximate surface area is 175 Å². The van der Waals surface area contributed by atoms with Crippen molar-refractivity contribution in [2.75, 3.05) is 60.0 Å². The van der Waals surface area contributed by atoms with Gasteiger partial charge in [-0.05, 0) is 51.2 Å². The molecule has 0 aliphatic carbocycles. The molecule has 7 heteroatoms. The normalized spacial score (nSPS) is 16.5. The van der Waals surface area contributed by atoms with Gasteiger partial charge in [0, 0.05) is 32.7 Å². The Hall–Kier alpha value is -1.06. The van der Waals surface area contributed by atoms with E-state index in [0.29, 0.717) is 6.54 Å². The lowest BCUT2D eigenvalue weighted by Crippen LogP contribution is -2.42. The summed E-state index contributed by atoms with van der Waals surface area (Å²) < 4.78 is 5.27. The van der Waals surface area contributed by atoms with Crippen molar-refractivity contribution in [1.29, 1.82) is 0 Å². The third kappa shape index (κ3) is 8.55. The number of halogens is 1. The Bertz CT molecular complexity index is 540. The van der Waals surface area contributed by atoms with Crippen molar-refractivity contribution in [2.24, 2.45) is 4.99 Å². The van der Waals surface area contributed by atoms with E-state index < -0.39 is 0 Å². The summed E-state index contributed by atoms with van der Waals surface area (Å²) in [5.41, 5.74) is 1.15. The van der Waals surface area contributed by atoms with Crippen LogP contribution in [0, 0.1) is 0 Å². The van der Waals surface area contributed by atoms with Crippen LogP contribution in [0.4, 0.5) is 0 Å². The molecule has 1 aliphatic heterocycles. The summed E-state index contributed by atoms with van der Waals surface area (Å²) in [7, 11) is 3.89. The Kier molecular flexibility index (Phi) is 11.6. The van der Waals surface area contributed by atoms with Crippen LogP contribution in [-0.2, 0) is 6.54 Å². The second kappa shape index (κ2) is 13.2. The molecule has 0 radical (unpaired) electrons. The zero-order valence-electron chi connectivity index (χ0n) is 16.3. The molecule has 0 spiro atoms. The summed E-state index contributed by atoms with van der Waals surface area (Å²) >= 11 is 0. The van der Waals surface area contributed by atoms with Crippen molar-refractivity contribution in [3.05, 3.63) is 29.8 Å². The molecule has 1 aliphatic rings. The van der Waals surface area contributed by atoms with Crippen molar-refractivity contribution < 1.29 is 4.74 Å². The minimum Gasteiger partial charge on any atom is -0.497 e. The van der Waals surface area contributed by atoms with Crippen molar-refractivity contribution in [2.45, 2.75) is 19.9 Å². The van der Waals surface area contributed by atoms with Gasteiger partial charge in [-0.15, -0.1) is 24.0 Å². The first kappa shape index (κ1) is 23.0. The zero-order chi connectivity index (χ0) is 17.9. The van der Waals surface area contributed by atoms with Crippen molar-refractivity contribution in [3.63, 3.8) is 0 Å². The fourth-order valence-corrected chi connectivity index (χ4v) is 2.94. The van der Waals surface area contributed by atoms with Crippen LogP contribution in [0.2, 0.25) is 0 Å². The van der Waals surface area contributed by atoms with Gasteiger partial charge < -0.3 is 25.2 Å². The number of nitrogens with one attached hydrogen (secondary N) is 2. The van der Waals surface area contributed by atoms with Crippen molar-refractivity contribution >= 4 is 29.9 Å². The highest BCUT2D eigenvalue weighted by atomic mass is 127. The van der Waals surface area contributed by atoms with Crippen molar-refractivity contribution in [3.8, 4) is 5.75 Å². The van der Waals surface area contributed by atoms with Crippen LogP contribution < -0.4 is 15.4 Å². The number of guanidine groups is 1. The van der Waals surface area contributed by atoms with Crippen molar-refractivity contribution in [1.82, 2.24) is 20.4 Å². The lowest BCUT2D eigenvalue weighted by atomic mass is 10.2. The highest BCUT2D eigenvalue weighted by Crippen LogP contribution is 2.13. The molecule has 1 aromatic rings. The molecule has 1 fully saturated rings. The van der Waals surface area contributed by atoms with Crippen LogP contribution in [0.1, 0.15) is 18.9 Å². The predicted molar refractivity (Wildman–Crippen MR) is 120 cm³/mol. The molecule has 0 amide bonds. The number of benzene rings is 1. The maximum atomic E-state index is 5.27. The second-order valence-corrected chi connectivity index (χ2v) is 6.47. The maximum absolute atomic E-state index is 5.27. The summed E-state index contributed by atoms with van der Waals surface area (Å²) in [6, 6.07) is 8.06. The van der Waals surface area contributed by atoms with Gasteiger partial charge in [0.15, 0.2) is 5.96 Å². The molecule has 1 heterocycles. The van der Waals surface area contributed by atoms with Gasteiger partial charge in [-0.3, -0.25) is 0 Å². The SMILES string of the molecule is CCNC(=NCc1cccc(OC)c1)NCCN1CCCN(C)CC1.I. The van der Waals surface area contributed by atoms with Gasteiger partial charge in [0.2, 0.25) is 0 Å². The molecule has 2 N–H and O–H groups in total. The highest BCUT2D eigenvalue weighted by molar-refractivity contribution is 14.0. The topological polar surface area (TPSA) is 52.1 Å². The smallest absolute Gasteiger partial charge is 0.191 e. The van der Waals surface area contributed by atoms with E-state index in [4.69, 9.17) is 4.74 Å². The van der Waals surface area contributed by atoms with Crippen LogP contribution >= 0.6 is 24.0 Å². The van der Waals surface area contributed by atoms with E-state index in [9.17, 15) is 0 Å². The summed E-state index contributed by atoms with van der Waals surface area (Å²) in [5.74, 6) is 1.74. The Balaban J connectivity index is 0.00000338. The Morgan fingerprint density at radius 3 is 2.81 bits per heavy atom. The van der Waals surface area contributed by atoms with Crippen LogP contribution in [0.5, 0.6) is 5.75 Å². The number of hydrogen-bond acceptors (Lipinski definition) is 4. The van der Waals surface area contributed by atoms with E-state index in [1.54, 1.807) is 7.11 Å². The molecule has 26 heavy (non-hydrogen) atoms. The molecule has 6 nitrogen and oxygen atoms in total. The zero-order valence-corrected chi connectivity index (χ0v) is 18.7. The molecule has 1 aromatic carbocycles. The number of aliphatic imine (C=N–C) groups is 1. The number of methoxy groups -OCH3 is 1. The molecular formula is C19H34IN5O.